The van der Waals surface area contributed by atoms with Gasteiger partial charge in [0.25, 0.3) is 5.56 Å². The largest absolute Gasteiger partial charge is 0.394 e. The first-order valence-electron chi connectivity index (χ1n) is 5.62. The molecule has 2 unspecified atom stereocenters. The fourth-order valence-corrected chi connectivity index (χ4v) is 2.06. The van der Waals surface area contributed by atoms with Crippen LogP contribution < -0.4 is 5.56 Å². The average Bonchev–Trinajstić information content (AvgIpc) is 2.69. The van der Waals surface area contributed by atoms with E-state index in [1.54, 1.807) is 6.92 Å². The van der Waals surface area contributed by atoms with Crippen molar-refractivity contribution < 1.29 is 19.7 Å². The monoisotopic (exact) mass is 256 g/mol. The van der Waals surface area contributed by atoms with E-state index in [1.807, 2.05) is 0 Å². The van der Waals surface area contributed by atoms with Crippen LogP contribution >= 0.6 is 0 Å². The number of rotatable bonds is 3. The van der Waals surface area contributed by atoms with Crippen molar-refractivity contribution in [2.24, 2.45) is 0 Å². The highest BCUT2D eigenvalue weighted by molar-refractivity contribution is 5.11. The van der Waals surface area contributed by atoms with Gasteiger partial charge in [0, 0.05) is 13.3 Å². The third kappa shape index (κ3) is 2.17. The van der Waals surface area contributed by atoms with Gasteiger partial charge in [-0.25, -0.2) is 4.98 Å². The Morgan fingerprint density at radius 2 is 2.33 bits per heavy atom. The van der Waals surface area contributed by atoms with Crippen molar-refractivity contribution in [1.82, 2.24) is 9.97 Å². The predicted octanol–water partition coefficient (Wildman–Crippen LogP) is -1.11. The summed E-state index contributed by atoms with van der Waals surface area (Å²) in [7, 11) is 1.45. The summed E-state index contributed by atoms with van der Waals surface area (Å²) in [4.78, 5) is 17.9. The highest BCUT2D eigenvalue weighted by Gasteiger charge is 2.45. The Balaban J connectivity index is 2.31. The van der Waals surface area contributed by atoms with Crippen molar-refractivity contribution in [1.29, 1.82) is 0 Å². The number of aliphatic hydroxyl groups excluding tert-OH is 2. The number of aryl methyl sites for hydroxylation is 1. The fourth-order valence-electron chi connectivity index (χ4n) is 2.06. The van der Waals surface area contributed by atoms with Crippen LogP contribution in [0.4, 0.5) is 0 Å². The zero-order valence-corrected chi connectivity index (χ0v) is 10.2. The van der Waals surface area contributed by atoms with Crippen molar-refractivity contribution in [3.05, 3.63) is 27.9 Å². The van der Waals surface area contributed by atoms with Crippen molar-refractivity contribution >= 4 is 0 Å². The number of methoxy groups -OCH3 is 1. The number of nitrogens with one attached hydrogen (secondary N) is 1. The van der Waals surface area contributed by atoms with Crippen molar-refractivity contribution in [3.63, 3.8) is 0 Å². The van der Waals surface area contributed by atoms with Crippen LogP contribution in [0.2, 0.25) is 0 Å². The average molecular weight is 256 g/mol. The van der Waals surface area contributed by atoms with E-state index in [9.17, 15) is 9.90 Å². The van der Waals surface area contributed by atoms with Crippen LogP contribution in [0.3, 0.4) is 0 Å². The number of aliphatic hydroxyl groups is 2. The number of ether oxygens (including phenoxy) is 2. The van der Waals surface area contributed by atoms with Crippen LogP contribution in [-0.2, 0) is 9.47 Å². The van der Waals surface area contributed by atoms with Crippen LogP contribution in [0.5, 0.6) is 0 Å². The van der Waals surface area contributed by atoms with E-state index in [4.69, 9.17) is 14.6 Å². The number of hydrogen-bond acceptors (Lipinski definition) is 6. The predicted molar refractivity (Wildman–Crippen MR) is 61.1 cm³/mol. The summed E-state index contributed by atoms with van der Waals surface area (Å²) in [6.07, 6.45) is -1.45. The molecule has 0 aromatic carbocycles. The Labute approximate surface area is 103 Å². The van der Waals surface area contributed by atoms with E-state index < -0.39 is 24.4 Å². The summed E-state index contributed by atoms with van der Waals surface area (Å²) in [5.41, 5.74) is 0.506. The van der Waals surface area contributed by atoms with E-state index >= 15 is 0 Å². The summed E-state index contributed by atoms with van der Waals surface area (Å²) < 4.78 is 10.7. The lowest BCUT2D eigenvalue weighted by Crippen LogP contribution is -2.34. The minimum atomic E-state index is -0.931. The summed E-state index contributed by atoms with van der Waals surface area (Å²) in [5.74, 6) is 0. The first kappa shape index (κ1) is 13.2. The molecule has 7 nitrogen and oxygen atoms in total. The van der Waals surface area contributed by atoms with E-state index in [2.05, 4.69) is 9.97 Å². The summed E-state index contributed by atoms with van der Waals surface area (Å²) in [6.45, 7) is 1.28. The van der Waals surface area contributed by atoms with E-state index in [0.717, 1.165) is 0 Å². The maximum Gasteiger partial charge on any atom is 0.269 e. The molecule has 0 saturated carbocycles. The topological polar surface area (TPSA) is 105 Å². The number of aromatic amines is 1. The lowest BCUT2D eigenvalue weighted by molar-refractivity contribution is -0.0251. The van der Waals surface area contributed by atoms with Crippen molar-refractivity contribution in [2.45, 2.75) is 31.3 Å². The molecule has 100 valence electrons. The maximum absolute atomic E-state index is 11.2. The molecule has 0 spiro atoms. The molecule has 0 amide bonds. The number of nitrogens with zero attached hydrogens (tertiary/aromatic N) is 1. The quantitative estimate of drug-likeness (QED) is 0.633. The van der Waals surface area contributed by atoms with Gasteiger partial charge in [0.15, 0.2) is 0 Å². The van der Waals surface area contributed by atoms with Gasteiger partial charge < -0.3 is 24.7 Å². The third-order valence-electron chi connectivity index (χ3n) is 3.06. The molecule has 1 aromatic heterocycles. The molecule has 1 fully saturated rings. The van der Waals surface area contributed by atoms with Gasteiger partial charge in [-0.1, -0.05) is 0 Å². The van der Waals surface area contributed by atoms with Crippen molar-refractivity contribution in [3.8, 4) is 0 Å². The molecule has 1 aliphatic rings. The maximum atomic E-state index is 11.2. The van der Waals surface area contributed by atoms with Gasteiger partial charge in [0.2, 0.25) is 0 Å². The van der Waals surface area contributed by atoms with E-state index in [1.165, 1.54) is 13.3 Å². The Morgan fingerprint density at radius 1 is 1.61 bits per heavy atom. The second-order valence-corrected chi connectivity index (χ2v) is 4.21. The Hall–Kier alpha value is -1.28. The van der Waals surface area contributed by atoms with Crippen LogP contribution in [0.25, 0.3) is 0 Å². The molecule has 1 aliphatic heterocycles. The number of hydrogen-bond donors (Lipinski definition) is 3. The lowest BCUT2D eigenvalue weighted by Gasteiger charge is -2.18. The van der Waals surface area contributed by atoms with Gasteiger partial charge in [-0.05, 0) is 6.92 Å². The SMILES string of the molecule is COC1C(O)[C@@H](CO)O[C@H]1c1c[nH]c(=O)c(C)n1. The van der Waals surface area contributed by atoms with Crippen molar-refractivity contribution in [2.75, 3.05) is 13.7 Å². The highest BCUT2D eigenvalue weighted by Crippen LogP contribution is 2.33. The molecule has 7 heteroatoms. The normalized spacial score (nSPS) is 31.8. The number of aromatic nitrogens is 2. The zero-order valence-electron chi connectivity index (χ0n) is 10.2. The van der Waals surface area contributed by atoms with E-state index in [0.29, 0.717) is 11.4 Å². The molecule has 0 bridgehead atoms. The molecule has 0 aliphatic carbocycles. The summed E-state index contributed by atoms with van der Waals surface area (Å²) in [6, 6.07) is 0. The first-order valence-corrected chi connectivity index (χ1v) is 5.62. The molecular weight excluding hydrogens is 240 g/mol. The van der Waals surface area contributed by atoms with Gasteiger partial charge >= 0.3 is 0 Å². The minimum absolute atomic E-state index is 0.273. The van der Waals surface area contributed by atoms with E-state index in [-0.39, 0.29) is 12.2 Å². The highest BCUT2D eigenvalue weighted by atomic mass is 16.6. The Bertz CT molecular complexity index is 475. The Morgan fingerprint density at radius 3 is 2.89 bits per heavy atom. The van der Waals surface area contributed by atoms with Crippen LogP contribution in [0.15, 0.2) is 11.0 Å². The molecule has 1 aromatic rings. The second kappa shape index (κ2) is 5.15. The molecule has 1 saturated heterocycles. The van der Waals surface area contributed by atoms with Gasteiger partial charge in [-0.3, -0.25) is 4.79 Å². The standard InChI is InChI=1S/C11H16N2O5/c1-5-11(16)12-3-6(13-5)9-10(17-2)8(15)7(4-14)18-9/h3,7-10,14-15H,4H2,1-2H3,(H,12,16)/t7-,8?,9+,10?/m1/s1. The van der Waals surface area contributed by atoms with Gasteiger partial charge in [0.05, 0.1) is 12.3 Å². The molecule has 2 heterocycles. The molecule has 18 heavy (non-hydrogen) atoms. The second-order valence-electron chi connectivity index (χ2n) is 4.21. The van der Waals surface area contributed by atoms with Gasteiger partial charge in [-0.15, -0.1) is 0 Å². The molecule has 2 rings (SSSR count). The third-order valence-corrected chi connectivity index (χ3v) is 3.06. The van der Waals surface area contributed by atoms with Crippen LogP contribution in [0, 0.1) is 6.92 Å². The first-order chi connectivity index (χ1) is 8.58. The van der Waals surface area contributed by atoms with Gasteiger partial charge in [0.1, 0.15) is 30.1 Å². The van der Waals surface area contributed by atoms with Crippen LogP contribution in [-0.4, -0.2) is 52.2 Å². The van der Waals surface area contributed by atoms with Gasteiger partial charge in [-0.2, -0.15) is 0 Å². The fraction of sp³-hybridized carbons (Fsp3) is 0.636. The van der Waals surface area contributed by atoms with Crippen LogP contribution in [0.1, 0.15) is 17.5 Å². The molecule has 3 N–H and O–H groups in total. The lowest BCUT2D eigenvalue weighted by atomic mass is 10.1. The zero-order chi connectivity index (χ0) is 13.3. The smallest absolute Gasteiger partial charge is 0.269 e. The molecule has 0 radical (unpaired) electrons. The molecule has 4 atom stereocenters. The Kier molecular flexibility index (Phi) is 3.76. The summed E-state index contributed by atoms with van der Waals surface area (Å²) >= 11 is 0. The number of H-pyrrole nitrogens is 1. The molecular formula is C11H16N2O5. The minimum Gasteiger partial charge on any atom is -0.394 e. The summed E-state index contributed by atoms with van der Waals surface area (Å²) in [5, 5.41) is 19.0.